The first-order valence-electron chi connectivity index (χ1n) is 10.8. The van der Waals surface area contributed by atoms with Crippen LogP contribution in [0, 0.1) is 30.1 Å². The highest BCUT2D eigenvalue weighted by Gasteiger charge is 2.58. The van der Waals surface area contributed by atoms with E-state index in [-0.39, 0.29) is 11.4 Å². The van der Waals surface area contributed by atoms with Crippen LogP contribution in [0.2, 0.25) is 0 Å². The van der Waals surface area contributed by atoms with Crippen LogP contribution in [-0.2, 0) is 20.7 Å². The lowest BCUT2D eigenvalue weighted by atomic mass is 9.54. The molecule has 3 aliphatic rings. The quantitative estimate of drug-likeness (QED) is 0.765. The molecular weight excluding hydrogens is 352 g/mol. The van der Waals surface area contributed by atoms with Crippen molar-refractivity contribution < 1.29 is 19.4 Å². The highest BCUT2D eigenvalue weighted by molar-refractivity contribution is 5.87. The molecule has 0 aromatic heterocycles. The molecule has 0 saturated heterocycles. The van der Waals surface area contributed by atoms with Gasteiger partial charge < -0.3 is 9.84 Å². The fraction of sp³-hybridized carbons (Fsp3) is 0.667. The Hall–Kier alpha value is -1.84. The van der Waals surface area contributed by atoms with Crippen molar-refractivity contribution in [3.63, 3.8) is 0 Å². The van der Waals surface area contributed by atoms with Gasteiger partial charge in [-0.05, 0) is 91.9 Å². The minimum absolute atomic E-state index is 0.157. The van der Waals surface area contributed by atoms with Crippen LogP contribution in [0.1, 0.15) is 74.5 Å². The first kappa shape index (κ1) is 19.5. The minimum Gasteiger partial charge on any atom is -0.508 e. The van der Waals surface area contributed by atoms with E-state index < -0.39 is 0 Å². The van der Waals surface area contributed by atoms with Gasteiger partial charge >= 0.3 is 5.97 Å². The lowest BCUT2D eigenvalue weighted by Crippen LogP contribution is -2.44. The smallest absolute Gasteiger partial charge is 0.305 e. The van der Waals surface area contributed by atoms with E-state index in [1.807, 2.05) is 13.0 Å². The van der Waals surface area contributed by atoms with Gasteiger partial charge in [0.25, 0.3) is 0 Å². The van der Waals surface area contributed by atoms with E-state index in [1.165, 1.54) is 18.2 Å². The zero-order valence-electron chi connectivity index (χ0n) is 17.3. The number of phenols is 1. The van der Waals surface area contributed by atoms with Crippen molar-refractivity contribution in [2.75, 3.05) is 7.11 Å². The van der Waals surface area contributed by atoms with E-state index in [2.05, 4.69) is 13.0 Å². The lowest BCUT2D eigenvalue weighted by Gasteiger charge is -2.50. The summed E-state index contributed by atoms with van der Waals surface area (Å²) in [5.41, 5.74) is 3.45. The molecule has 0 bridgehead atoms. The summed E-state index contributed by atoms with van der Waals surface area (Å²) in [6.07, 6.45) is 6.97. The first-order valence-corrected chi connectivity index (χ1v) is 10.8. The maximum absolute atomic E-state index is 13.0. The molecule has 3 aliphatic carbocycles. The zero-order chi connectivity index (χ0) is 20.1. The van der Waals surface area contributed by atoms with Crippen LogP contribution in [-0.4, -0.2) is 24.0 Å². The Bertz CT molecular complexity index is 798. The number of fused-ring (bicyclic) bond motifs is 5. The van der Waals surface area contributed by atoms with Crippen LogP contribution in [0.4, 0.5) is 0 Å². The van der Waals surface area contributed by atoms with Gasteiger partial charge in [0.1, 0.15) is 11.5 Å². The second kappa shape index (κ2) is 7.20. The summed E-state index contributed by atoms with van der Waals surface area (Å²) in [6, 6.07) is 4.15. The number of methoxy groups -OCH3 is 1. The number of phenolic OH excluding ortho intramolecular Hbond substituents is 1. The molecule has 5 atom stereocenters. The van der Waals surface area contributed by atoms with Gasteiger partial charge in [0.2, 0.25) is 0 Å². The van der Waals surface area contributed by atoms with Crippen molar-refractivity contribution in [3.8, 4) is 5.75 Å². The van der Waals surface area contributed by atoms with E-state index in [4.69, 9.17) is 4.74 Å². The molecule has 152 valence electrons. The third kappa shape index (κ3) is 3.05. The number of esters is 1. The molecule has 0 unspecified atom stereocenters. The number of carbonyl (C=O) groups excluding carboxylic acids is 2. The van der Waals surface area contributed by atoms with Gasteiger partial charge in [-0.15, -0.1) is 0 Å². The van der Waals surface area contributed by atoms with Crippen molar-refractivity contribution in [2.24, 2.45) is 23.2 Å². The zero-order valence-corrected chi connectivity index (χ0v) is 17.3. The highest BCUT2D eigenvalue weighted by atomic mass is 16.5. The highest BCUT2D eigenvalue weighted by Crippen LogP contribution is 2.62. The van der Waals surface area contributed by atoms with Gasteiger partial charge in [-0.25, -0.2) is 0 Å². The molecule has 0 heterocycles. The number of ether oxygens (including phenoxy) is 1. The molecule has 1 aromatic rings. The van der Waals surface area contributed by atoms with Crippen LogP contribution >= 0.6 is 0 Å². The molecule has 0 amide bonds. The molecule has 4 heteroatoms. The number of rotatable bonds is 4. The molecule has 28 heavy (non-hydrogen) atoms. The molecule has 0 spiro atoms. The maximum atomic E-state index is 13.0. The average Bonchev–Trinajstić information content (AvgIpc) is 2.93. The van der Waals surface area contributed by atoms with E-state index in [9.17, 15) is 14.7 Å². The van der Waals surface area contributed by atoms with E-state index in [1.54, 1.807) is 0 Å². The summed E-state index contributed by atoms with van der Waals surface area (Å²) in [4.78, 5) is 24.5. The summed E-state index contributed by atoms with van der Waals surface area (Å²) in [5.74, 6) is 2.50. The number of Topliss-reactive ketones (excluding diaryl/α,β-unsaturated/α-hetero) is 1. The third-order valence-electron chi connectivity index (χ3n) is 8.07. The van der Waals surface area contributed by atoms with E-state index >= 15 is 0 Å². The standard InChI is InChI=1S/C24H32O4/c1-14-11-19-15(12-20(14)25)7-8-18-17(19)9-10-24(2)21(26)13-16(23(18)24)5-4-6-22(27)28-3/h11-12,16-18,23,25H,4-10,13H2,1-3H3/t16-,17-,18+,23-,24+/m0/s1. The predicted molar refractivity (Wildman–Crippen MR) is 107 cm³/mol. The van der Waals surface area contributed by atoms with Gasteiger partial charge in [0.05, 0.1) is 7.11 Å². The summed E-state index contributed by atoms with van der Waals surface area (Å²) < 4.78 is 4.78. The van der Waals surface area contributed by atoms with Gasteiger partial charge in [-0.1, -0.05) is 13.0 Å². The van der Waals surface area contributed by atoms with Crippen LogP contribution in [0.5, 0.6) is 5.75 Å². The Kier molecular flexibility index (Phi) is 5.01. The molecule has 1 aromatic carbocycles. The molecular formula is C24H32O4. The SMILES string of the molecule is COC(=O)CCC[C@H]1CC(=O)[C@@]2(C)CC[C@@H]3c4cc(C)c(O)cc4CC[C@H]3[C@H]12. The minimum atomic E-state index is -0.194. The Morgan fingerprint density at radius 3 is 2.86 bits per heavy atom. The van der Waals surface area contributed by atoms with Crippen molar-refractivity contribution in [3.05, 3.63) is 28.8 Å². The number of aryl methyl sites for hydroxylation is 2. The molecule has 2 fully saturated rings. The fourth-order valence-electron chi connectivity index (χ4n) is 6.66. The number of benzene rings is 1. The lowest BCUT2D eigenvalue weighted by molar-refractivity contribution is -0.140. The van der Waals surface area contributed by atoms with Gasteiger partial charge in [0, 0.05) is 18.3 Å². The fourth-order valence-corrected chi connectivity index (χ4v) is 6.66. The number of hydrogen-bond donors (Lipinski definition) is 1. The number of aromatic hydroxyl groups is 1. The number of hydrogen-bond acceptors (Lipinski definition) is 4. The Morgan fingerprint density at radius 1 is 1.32 bits per heavy atom. The largest absolute Gasteiger partial charge is 0.508 e. The molecule has 2 saturated carbocycles. The number of ketones is 1. The third-order valence-corrected chi connectivity index (χ3v) is 8.07. The van der Waals surface area contributed by atoms with Crippen LogP contribution in [0.15, 0.2) is 12.1 Å². The second-order valence-corrected chi connectivity index (χ2v) is 9.48. The first-order chi connectivity index (χ1) is 13.3. The monoisotopic (exact) mass is 384 g/mol. The van der Waals surface area contributed by atoms with Crippen LogP contribution in [0.3, 0.4) is 0 Å². The Morgan fingerprint density at radius 2 is 2.11 bits per heavy atom. The van der Waals surface area contributed by atoms with Gasteiger partial charge in [0.15, 0.2) is 0 Å². The topological polar surface area (TPSA) is 63.6 Å². The Labute approximate surface area is 167 Å². The van der Waals surface area contributed by atoms with Gasteiger partial charge in [-0.2, -0.15) is 0 Å². The summed E-state index contributed by atoms with van der Waals surface area (Å²) >= 11 is 0. The van der Waals surface area contributed by atoms with Crippen molar-refractivity contribution in [2.45, 2.75) is 71.1 Å². The summed E-state index contributed by atoms with van der Waals surface area (Å²) in [7, 11) is 1.43. The van der Waals surface area contributed by atoms with Crippen LogP contribution < -0.4 is 0 Å². The van der Waals surface area contributed by atoms with Crippen LogP contribution in [0.25, 0.3) is 0 Å². The van der Waals surface area contributed by atoms with E-state index in [0.29, 0.717) is 48.0 Å². The van der Waals surface area contributed by atoms with Crippen molar-refractivity contribution in [1.29, 1.82) is 0 Å². The Balaban J connectivity index is 1.60. The second-order valence-electron chi connectivity index (χ2n) is 9.48. The summed E-state index contributed by atoms with van der Waals surface area (Å²) in [5, 5.41) is 10.1. The maximum Gasteiger partial charge on any atom is 0.305 e. The molecule has 4 rings (SSSR count). The molecule has 0 aliphatic heterocycles. The van der Waals surface area contributed by atoms with Crippen molar-refractivity contribution in [1.82, 2.24) is 0 Å². The molecule has 1 N–H and O–H groups in total. The number of carbonyl (C=O) groups is 2. The average molecular weight is 385 g/mol. The summed E-state index contributed by atoms with van der Waals surface area (Å²) in [6.45, 7) is 4.18. The van der Waals surface area contributed by atoms with Crippen molar-refractivity contribution >= 4 is 11.8 Å². The predicted octanol–water partition coefficient (Wildman–Crippen LogP) is 4.70. The molecule has 0 radical (unpaired) electrons. The van der Waals surface area contributed by atoms with E-state index in [0.717, 1.165) is 44.1 Å². The molecule has 4 nitrogen and oxygen atoms in total. The normalized spacial score (nSPS) is 33.8. The van der Waals surface area contributed by atoms with Gasteiger partial charge in [-0.3, -0.25) is 9.59 Å².